The van der Waals surface area contributed by atoms with Crippen LogP contribution in [0.3, 0.4) is 0 Å². The Balaban J connectivity index is 1.55. The summed E-state index contributed by atoms with van der Waals surface area (Å²) in [5, 5.41) is 11.1. The molecule has 1 amide bonds. The van der Waals surface area contributed by atoms with Crippen molar-refractivity contribution in [3.63, 3.8) is 0 Å². The van der Waals surface area contributed by atoms with Gasteiger partial charge in [0, 0.05) is 17.3 Å². The summed E-state index contributed by atoms with van der Waals surface area (Å²) in [5.41, 5.74) is 4.46. The zero-order valence-corrected chi connectivity index (χ0v) is 13.6. The lowest BCUT2D eigenvalue weighted by Gasteiger charge is -2.08. The van der Waals surface area contributed by atoms with E-state index in [-0.39, 0.29) is 5.91 Å². The minimum atomic E-state index is -0.227. The summed E-state index contributed by atoms with van der Waals surface area (Å²) in [6.07, 6.45) is 3.89. The van der Waals surface area contributed by atoms with Crippen molar-refractivity contribution in [1.29, 1.82) is 0 Å². The van der Waals surface area contributed by atoms with Crippen LogP contribution < -0.4 is 5.32 Å². The number of carbonyl (C=O) groups excluding carboxylic acids is 1. The van der Waals surface area contributed by atoms with E-state index >= 15 is 0 Å². The molecule has 0 unspecified atom stereocenters. The first-order chi connectivity index (χ1) is 11.6. The molecule has 24 heavy (non-hydrogen) atoms. The van der Waals surface area contributed by atoms with Gasteiger partial charge in [0.25, 0.3) is 5.91 Å². The minimum Gasteiger partial charge on any atom is -0.361 e. The highest BCUT2D eigenvalue weighted by Gasteiger charge is 2.28. The Kier molecular flexibility index (Phi) is 3.45. The van der Waals surface area contributed by atoms with Crippen LogP contribution in [-0.2, 0) is 0 Å². The van der Waals surface area contributed by atoms with Gasteiger partial charge in [0.15, 0.2) is 0 Å². The molecule has 0 atom stereocenters. The number of rotatable bonds is 4. The third kappa shape index (κ3) is 2.71. The van der Waals surface area contributed by atoms with E-state index in [4.69, 9.17) is 4.52 Å². The van der Waals surface area contributed by atoms with Gasteiger partial charge in [-0.05, 0) is 57.0 Å². The largest absolute Gasteiger partial charge is 0.361 e. The Labute approximate surface area is 139 Å². The van der Waals surface area contributed by atoms with E-state index in [1.807, 2.05) is 35.9 Å². The molecule has 1 fully saturated rings. The van der Waals surface area contributed by atoms with Gasteiger partial charge < -0.3 is 9.84 Å². The van der Waals surface area contributed by atoms with Crippen molar-refractivity contribution in [1.82, 2.24) is 14.9 Å². The van der Waals surface area contributed by atoms with Gasteiger partial charge in [-0.2, -0.15) is 5.10 Å². The lowest BCUT2D eigenvalue weighted by atomic mass is 10.2. The summed E-state index contributed by atoms with van der Waals surface area (Å²) in [5.74, 6) is 0.905. The van der Waals surface area contributed by atoms with Crippen LogP contribution in [0.1, 0.15) is 46.3 Å². The average molecular weight is 322 g/mol. The van der Waals surface area contributed by atoms with Crippen molar-refractivity contribution < 1.29 is 9.32 Å². The number of aryl methyl sites for hydroxylation is 2. The highest BCUT2D eigenvalue weighted by molar-refractivity contribution is 6.04. The standard InChI is InChI=1S/C18H18N4O2/c1-11-9-17(13-3-4-13)22(21-11)15-7-5-14(6-8-15)20-18(23)16-10-19-24-12(16)2/h5-10,13H,3-4H2,1-2H3,(H,20,23). The second kappa shape index (κ2) is 5.63. The van der Waals surface area contributed by atoms with Gasteiger partial charge in [-0.3, -0.25) is 4.79 Å². The number of anilines is 1. The topological polar surface area (TPSA) is 73.0 Å². The summed E-state index contributed by atoms with van der Waals surface area (Å²) in [6.45, 7) is 3.72. The van der Waals surface area contributed by atoms with Crippen LogP contribution in [0.2, 0.25) is 0 Å². The van der Waals surface area contributed by atoms with Crippen molar-refractivity contribution in [2.75, 3.05) is 5.32 Å². The Morgan fingerprint density at radius 2 is 2.00 bits per heavy atom. The Hall–Kier alpha value is -2.89. The van der Waals surface area contributed by atoms with Crippen LogP contribution in [0.25, 0.3) is 5.69 Å². The second-order valence-corrected chi connectivity index (χ2v) is 6.19. The van der Waals surface area contributed by atoms with Gasteiger partial charge in [0.05, 0.1) is 17.6 Å². The van der Waals surface area contributed by atoms with Gasteiger partial charge in [0.1, 0.15) is 11.3 Å². The predicted molar refractivity (Wildman–Crippen MR) is 89.5 cm³/mol. The van der Waals surface area contributed by atoms with E-state index in [0.717, 1.165) is 17.1 Å². The zero-order chi connectivity index (χ0) is 16.7. The van der Waals surface area contributed by atoms with Crippen molar-refractivity contribution in [2.24, 2.45) is 0 Å². The van der Waals surface area contributed by atoms with Crippen molar-refractivity contribution >= 4 is 11.6 Å². The zero-order valence-electron chi connectivity index (χ0n) is 13.6. The van der Waals surface area contributed by atoms with Gasteiger partial charge in [0.2, 0.25) is 0 Å². The van der Waals surface area contributed by atoms with E-state index in [0.29, 0.717) is 17.2 Å². The fourth-order valence-corrected chi connectivity index (χ4v) is 2.80. The molecule has 0 radical (unpaired) electrons. The number of benzene rings is 1. The maximum atomic E-state index is 12.2. The van der Waals surface area contributed by atoms with Crippen LogP contribution >= 0.6 is 0 Å². The lowest BCUT2D eigenvalue weighted by molar-refractivity contribution is 0.102. The molecule has 1 aliphatic carbocycles. The monoisotopic (exact) mass is 322 g/mol. The third-order valence-electron chi connectivity index (χ3n) is 4.22. The molecule has 2 aromatic heterocycles. The number of carbonyl (C=O) groups is 1. The first kappa shape index (κ1) is 14.7. The van der Waals surface area contributed by atoms with Crippen LogP contribution in [0.5, 0.6) is 0 Å². The summed E-state index contributed by atoms with van der Waals surface area (Å²) in [4.78, 5) is 12.2. The van der Waals surface area contributed by atoms with Gasteiger partial charge in [-0.25, -0.2) is 4.68 Å². The molecule has 6 heteroatoms. The van der Waals surface area contributed by atoms with Crippen molar-refractivity contribution in [3.8, 4) is 5.69 Å². The Morgan fingerprint density at radius 1 is 1.25 bits per heavy atom. The summed E-state index contributed by atoms with van der Waals surface area (Å²) in [6, 6.07) is 9.85. The van der Waals surface area contributed by atoms with Gasteiger partial charge >= 0.3 is 0 Å². The van der Waals surface area contributed by atoms with E-state index < -0.39 is 0 Å². The molecule has 1 saturated carbocycles. The maximum absolute atomic E-state index is 12.2. The van der Waals surface area contributed by atoms with E-state index in [1.165, 1.54) is 24.7 Å². The van der Waals surface area contributed by atoms with Gasteiger partial charge in [-0.15, -0.1) is 0 Å². The molecule has 4 rings (SSSR count). The number of hydrogen-bond donors (Lipinski definition) is 1. The van der Waals surface area contributed by atoms with E-state index in [9.17, 15) is 4.79 Å². The van der Waals surface area contributed by atoms with E-state index in [2.05, 4.69) is 21.6 Å². The highest BCUT2D eigenvalue weighted by atomic mass is 16.5. The third-order valence-corrected chi connectivity index (χ3v) is 4.22. The van der Waals surface area contributed by atoms with Crippen LogP contribution in [-0.4, -0.2) is 20.8 Å². The van der Waals surface area contributed by atoms with Gasteiger partial charge in [-0.1, -0.05) is 5.16 Å². The number of hydrogen-bond acceptors (Lipinski definition) is 4. The molecule has 6 nitrogen and oxygen atoms in total. The normalized spacial score (nSPS) is 13.9. The van der Waals surface area contributed by atoms with Crippen molar-refractivity contribution in [3.05, 3.63) is 59.2 Å². The van der Waals surface area contributed by atoms with Crippen molar-refractivity contribution in [2.45, 2.75) is 32.6 Å². The second-order valence-electron chi connectivity index (χ2n) is 6.19. The summed E-state index contributed by atoms with van der Waals surface area (Å²) >= 11 is 0. The predicted octanol–water partition coefficient (Wildman–Crippen LogP) is 3.61. The Bertz CT molecular complexity index is 888. The molecule has 0 spiro atoms. The fourth-order valence-electron chi connectivity index (χ4n) is 2.80. The number of aromatic nitrogens is 3. The molecule has 0 bridgehead atoms. The lowest BCUT2D eigenvalue weighted by Crippen LogP contribution is -2.12. The molecule has 1 N–H and O–H groups in total. The first-order valence-electron chi connectivity index (χ1n) is 8.01. The summed E-state index contributed by atoms with van der Waals surface area (Å²) in [7, 11) is 0. The first-order valence-corrected chi connectivity index (χ1v) is 8.01. The molecule has 3 aromatic rings. The van der Waals surface area contributed by atoms with Crippen LogP contribution in [0.4, 0.5) is 5.69 Å². The number of nitrogens with zero attached hydrogens (tertiary/aromatic N) is 3. The molecular formula is C18H18N4O2. The smallest absolute Gasteiger partial charge is 0.260 e. The molecule has 0 aliphatic heterocycles. The maximum Gasteiger partial charge on any atom is 0.260 e. The number of nitrogens with one attached hydrogen (secondary N) is 1. The highest BCUT2D eigenvalue weighted by Crippen LogP contribution is 2.41. The molecular weight excluding hydrogens is 304 g/mol. The van der Waals surface area contributed by atoms with Crippen LogP contribution in [0.15, 0.2) is 41.1 Å². The quantitative estimate of drug-likeness (QED) is 0.796. The Morgan fingerprint density at radius 3 is 2.62 bits per heavy atom. The van der Waals surface area contributed by atoms with E-state index in [1.54, 1.807) is 6.92 Å². The molecule has 0 saturated heterocycles. The average Bonchev–Trinajstić information content (AvgIpc) is 3.21. The van der Waals surface area contributed by atoms with Crippen LogP contribution in [0, 0.1) is 13.8 Å². The fraction of sp³-hybridized carbons (Fsp3) is 0.278. The molecule has 1 aromatic carbocycles. The molecule has 2 heterocycles. The SMILES string of the molecule is Cc1cc(C2CC2)n(-c2ccc(NC(=O)c3cnoc3C)cc2)n1. The molecule has 122 valence electrons. The minimum absolute atomic E-state index is 0.227. The number of amides is 1. The molecule has 1 aliphatic rings. The summed E-state index contributed by atoms with van der Waals surface area (Å²) < 4.78 is 6.92.